The quantitative estimate of drug-likeness (QED) is 0.358. The molecule has 0 saturated carbocycles. The van der Waals surface area contributed by atoms with Gasteiger partial charge in [-0.15, -0.1) is 11.3 Å². The van der Waals surface area contributed by atoms with Crippen molar-refractivity contribution in [2.75, 3.05) is 7.11 Å². The molecule has 9 nitrogen and oxygen atoms in total. The highest BCUT2D eigenvalue weighted by Crippen LogP contribution is 2.28. The molecule has 4 rings (SSSR count). The van der Waals surface area contributed by atoms with Gasteiger partial charge in [0.15, 0.2) is 4.96 Å². The number of thiazole rings is 1. The SMILES string of the molecule is COc1ccc([N+](=O)[O-])cc1C(=O)OCc1cc(=O)n2c3c(sc2n1)CCCC3. The van der Waals surface area contributed by atoms with E-state index in [4.69, 9.17) is 9.47 Å². The van der Waals surface area contributed by atoms with Crippen molar-refractivity contribution in [3.8, 4) is 5.75 Å². The lowest BCUT2D eigenvalue weighted by atomic mass is 10.0. The first kappa shape index (κ1) is 19.1. The van der Waals surface area contributed by atoms with Gasteiger partial charge in [0.1, 0.15) is 17.9 Å². The molecule has 0 spiro atoms. The molecule has 0 amide bonds. The summed E-state index contributed by atoms with van der Waals surface area (Å²) in [6.07, 6.45) is 3.96. The largest absolute Gasteiger partial charge is 0.496 e. The fraction of sp³-hybridized carbons (Fsp3) is 0.316. The number of non-ortho nitro benzene ring substituents is 1. The maximum absolute atomic E-state index is 12.6. The van der Waals surface area contributed by atoms with E-state index < -0.39 is 10.9 Å². The van der Waals surface area contributed by atoms with Crippen molar-refractivity contribution < 1.29 is 19.2 Å². The van der Waals surface area contributed by atoms with Crippen LogP contribution in [0.1, 0.15) is 39.5 Å². The average Bonchev–Trinajstić information content (AvgIpc) is 3.10. The molecule has 150 valence electrons. The number of aryl methyl sites for hydroxylation is 2. The lowest BCUT2D eigenvalue weighted by Gasteiger charge is -2.10. The minimum absolute atomic E-state index is 0.0638. The molecule has 0 radical (unpaired) electrons. The number of nitrogens with zero attached hydrogens (tertiary/aromatic N) is 3. The van der Waals surface area contributed by atoms with Gasteiger partial charge >= 0.3 is 5.97 Å². The first-order chi connectivity index (χ1) is 14.0. The van der Waals surface area contributed by atoms with Gasteiger partial charge in [0.05, 0.1) is 17.7 Å². The standard InChI is InChI=1S/C19H17N3O6S/c1-27-15-7-6-12(22(25)26)9-13(15)18(24)28-10-11-8-17(23)21-14-4-2-3-5-16(14)29-19(21)20-11/h6-9H,2-5,10H2,1H3. The van der Waals surface area contributed by atoms with Crippen LogP contribution in [0.3, 0.4) is 0 Å². The van der Waals surface area contributed by atoms with Gasteiger partial charge in [0.25, 0.3) is 11.2 Å². The number of esters is 1. The summed E-state index contributed by atoms with van der Waals surface area (Å²) < 4.78 is 12.0. The van der Waals surface area contributed by atoms with Gasteiger partial charge in [0.2, 0.25) is 0 Å². The van der Waals surface area contributed by atoms with Gasteiger partial charge in [-0.3, -0.25) is 19.3 Å². The second-order valence-electron chi connectivity index (χ2n) is 6.60. The Labute approximate surface area is 168 Å². The van der Waals surface area contributed by atoms with E-state index in [0.29, 0.717) is 10.7 Å². The number of benzene rings is 1. The predicted octanol–water partition coefficient (Wildman–Crippen LogP) is 2.91. The second kappa shape index (κ2) is 7.63. The Morgan fingerprint density at radius 3 is 2.86 bits per heavy atom. The topological polar surface area (TPSA) is 113 Å². The van der Waals surface area contributed by atoms with Crippen molar-refractivity contribution in [3.05, 3.63) is 66.6 Å². The van der Waals surface area contributed by atoms with E-state index >= 15 is 0 Å². The molecule has 0 bridgehead atoms. The molecule has 0 fully saturated rings. The third-order valence-electron chi connectivity index (χ3n) is 4.78. The second-order valence-corrected chi connectivity index (χ2v) is 7.66. The highest BCUT2D eigenvalue weighted by atomic mass is 32.1. The number of hydrogen-bond acceptors (Lipinski definition) is 8. The van der Waals surface area contributed by atoms with Crippen molar-refractivity contribution in [1.82, 2.24) is 9.38 Å². The van der Waals surface area contributed by atoms with Crippen LogP contribution in [-0.2, 0) is 24.2 Å². The van der Waals surface area contributed by atoms with Crippen LogP contribution in [-0.4, -0.2) is 27.4 Å². The molecule has 1 aromatic carbocycles. The number of fused-ring (bicyclic) bond motifs is 3. The zero-order valence-electron chi connectivity index (χ0n) is 15.5. The summed E-state index contributed by atoms with van der Waals surface area (Å²) in [5.74, 6) is -0.631. The highest BCUT2D eigenvalue weighted by molar-refractivity contribution is 7.17. The van der Waals surface area contributed by atoms with Crippen LogP contribution in [0.15, 0.2) is 29.1 Å². The van der Waals surface area contributed by atoms with Gasteiger partial charge in [0, 0.05) is 28.8 Å². The van der Waals surface area contributed by atoms with Gasteiger partial charge < -0.3 is 9.47 Å². The molecule has 0 N–H and O–H groups in total. The number of ether oxygens (including phenoxy) is 2. The van der Waals surface area contributed by atoms with Crippen LogP contribution < -0.4 is 10.3 Å². The maximum Gasteiger partial charge on any atom is 0.342 e. The van der Waals surface area contributed by atoms with Crippen LogP contribution in [0.2, 0.25) is 0 Å². The molecule has 0 aliphatic heterocycles. The van der Waals surface area contributed by atoms with E-state index in [1.54, 1.807) is 4.40 Å². The molecule has 0 saturated heterocycles. The van der Waals surface area contributed by atoms with Crippen LogP contribution in [0.25, 0.3) is 4.96 Å². The fourth-order valence-electron chi connectivity index (χ4n) is 3.40. The molecule has 1 aliphatic carbocycles. The minimum atomic E-state index is -0.793. The van der Waals surface area contributed by atoms with Gasteiger partial charge in [-0.25, -0.2) is 9.78 Å². The zero-order valence-corrected chi connectivity index (χ0v) is 16.4. The van der Waals surface area contributed by atoms with Gasteiger partial charge in [-0.1, -0.05) is 0 Å². The summed E-state index contributed by atoms with van der Waals surface area (Å²) in [6.45, 7) is -0.223. The molecule has 2 aromatic heterocycles. The zero-order chi connectivity index (χ0) is 20.5. The molecule has 10 heteroatoms. The van der Waals surface area contributed by atoms with E-state index in [-0.39, 0.29) is 29.2 Å². The molecule has 1 aliphatic rings. The molecule has 3 aromatic rings. The summed E-state index contributed by atoms with van der Waals surface area (Å²) in [4.78, 5) is 41.6. The Morgan fingerprint density at radius 1 is 1.31 bits per heavy atom. The number of carbonyl (C=O) groups excluding carboxylic acids is 1. The van der Waals surface area contributed by atoms with Crippen LogP contribution in [0.5, 0.6) is 5.75 Å². The van der Waals surface area contributed by atoms with Crippen molar-refractivity contribution in [2.24, 2.45) is 0 Å². The normalized spacial score (nSPS) is 13.1. The van der Waals surface area contributed by atoms with E-state index in [2.05, 4.69) is 4.98 Å². The number of methoxy groups -OCH3 is 1. The molecular weight excluding hydrogens is 398 g/mol. The number of rotatable bonds is 5. The Hall–Kier alpha value is -3.27. The lowest BCUT2D eigenvalue weighted by molar-refractivity contribution is -0.384. The number of aromatic nitrogens is 2. The van der Waals surface area contributed by atoms with Crippen LogP contribution in [0.4, 0.5) is 5.69 Å². The average molecular weight is 415 g/mol. The summed E-state index contributed by atoms with van der Waals surface area (Å²) in [7, 11) is 1.35. The molecular formula is C19H17N3O6S. The first-order valence-corrected chi connectivity index (χ1v) is 9.82. The van der Waals surface area contributed by atoms with Crippen LogP contribution in [0, 0.1) is 10.1 Å². The fourth-order valence-corrected chi connectivity index (χ4v) is 4.63. The number of nitro benzene ring substituents is 1. The lowest BCUT2D eigenvalue weighted by Crippen LogP contribution is -2.18. The van der Waals surface area contributed by atoms with E-state index in [0.717, 1.165) is 37.4 Å². The van der Waals surface area contributed by atoms with Gasteiger partial charge in [-0.05, 0) is 31.7 Å². The molecule has 2 heterocycles. The van der Waals surface area contributed by atoms with Gasteiger partial charge in [-0.2, -0.15) is 0 Å². The van der Waals surface area contributed by atoms with Crippen molar-refractivity contribution in [1.29, 1.82) is 0 Å². The monoisotopic (exact) mass is 415 g/mol. The Morgan fingerprint density at radius 2 is 2.10 bits per heavy atom. The Balaban J connectivity index is 1.58. The molecule has 0 unspecified atom stereocenters. The number of carbonyl (C=O) groups is 1. The van der Waals surface area contributed by atoms with Crippen LogP contribution >= 0.6 is 11.3 Å². The van der Waals surface area contributed by atoms with Crippen molar-refractivity contribution >= 4 is 28.0 Å². The van der Waals surface area contributed by atoms with E-state index in [1.807, 2.05) is 0 Å². The van der Waals surface area contributed by atoms with Crippen molar-refractivity contribution in [2.45, 2.75) is 32.3 Å². The summed E-state index contributed by atoms with van der Waals surface area (Å²) in [5, 5.41) is 11.0. The predicted molar refractivity (Wildman–Crippen MR) is 105 cm³/mol. The summed E-state index contributed by atoms with van der Waals surface area (Å²) >= 11 is 1.49. The molecule has 29 heavy (non-hydrogen) atoms. The molecule has 0 atom stereocenters. The third-order valence-corrected chi connectivity index (χ3v) is 5.92. The first-order valence-electron chi connectivity index (χ1n) is 9.00. The summed E-state index contributed by atoms with van der Waals surface area (Å²) in [5.41, 5.74) is 0.837. The minimum Gasteiger partial charge on any atom is -0.496 e. The number of nitro groups is 1. The highest BCUT2D eigenvalue weighted by Gasteiger charge is 2.21. The Bertz CT molecular complexity index is 1180. The maximum atomic E-state index is 12.6. The third kappa shape index (κ3) is 3.58. The van der Waals surface area contributed by atoms with E-state index in [1.165, 1.54) is 41.5 Å². The Kier molecular flexibility index (Phi) is 5.01. The van der Waals surface area contributed by atoms with E-state index in [9.17, 15) is 19.7 Å². The summed E-state index contributed by atoms with van der Waals surface area (Å²) in [6, 6.07) is 5.03. The number of hydrogen-bond donors (Lipinski definition) is 0. The smallest absolute Gasteiger partial charge is 0.342 e. The van der Waals surface area contributed by atoms with Crippen molar-refractivity contribution in [3.63, 3.8) is 0 Å².